The standard InChI is InChI=1S/C8H8ClNO/c1-5-3-7(6(2)11)8(9)10-4-5/h3-4H,1-2H3. The number of halogens is 1. The van der Waals surface area contributed by atoms with E-state index < -0.39 is 0 Å². The highest BCUT2D eigenvalue weighted by atomic mass is 35.5. The van der Waals surface area contributed by atoms with Crippen molar-refractivity contribution < 1.29 is 4.79 Å². The molecule has 0 saturated carbocycles. The first-order valence-electron chi connectivity index (χ1n) is 3.24. The van der Waals surface area contributed by atoms with Crippen LogP contribution < -0.4 is 0 Å². The molecule has 0 fully saturated rings. The Morgan fingerprint density at radius 1 is 1.64 bits per heavy atom. The number of nitrogens with zero attached hydrogens (tertiary/aromatic N) is 1. The van der Waals surface area contributed by atoms with E-state index in [2.05, 4.69) is 4.98 Å². The Balaban J connectivity index is 3.23. The maximum Gasteiger partial charge on any atom is 0.162 e. The number of pyridine rings is 1. The van der Waals surface area contributed by atoms with Crippen molar-refractivity contribution in [3.05, 3.63) is 28.5 Å². The summed E-state index contributed by atoms with van der Waals surface area (Å²) < 4.78 is 0. The molecule has 0 radical (unpaired) electrons. The van der Waals surface area contributed by atoms with Crippen LogP contribution in [-0.4, -0.2) is 10.8 Å². The van der Waals surface area contributed by atoms with E-state index in [1.54, 1.807) is 12.3 Å². The van der Waals surface area contributed by atoms with Crippen molar-refractivity contribution in [2.24, 2.45) is 0 Å². The number of hydrogen-bond donors (Lipinski definition) is 0. The average molecular weight is 170 g/mol. The quantitative estimate of drug-likeness (QED) is 0.477. The minimum absolute atomic E-state index is 0.0498. The van der Waals surface area contributed by atoms with Gasteiger partial charge in [0.15, 0.2) is 5.78 Å². The number of carbonyl (C=O) groups is 1. The van der Waals surface area contributed by atoms with Crippen LogP contribution in [-0.2, 0) is 0 Å². The van der Waals surface area contributed by atoms with Gasteiger partial charge in [-0.3, -0.25) is 4.79 Å². The molecule has 0 spiro atoms. The molecule has 1 aromatic heterocycles. The van der Waals surface area contributed by atoms with E-state index in [0.29, 0.717) is 5.56 Å². The molecule has 11 heavy (non-hydrogen) atoms. The highest BCUT2D eigenvalue weighted by molar-refractivity contribution is 6.32. The summed E-state index contributed by atoms with van der Waals surface area (Å²) in [6, 6.07) is 1.73. The van der Waals surface area contributed by atoms with E-state index in [0.717, 1.165) is 5.56 Å². The molecule has 3 heteroatoms. The van der Waals surface area contributed by atoms with E-state index in [1.165, 1.54) is 6.92 Å². The second-order valence-corrected chi connectivity index (χ2v) is 2.77. The molecule has 0 aromatic carbocycles. The van der Waals surface area contributed by atoms with Gasteiger partial charge in [-0.05, 0) is 25.5 Å². The van der Waals surface area contributed by atoms with E-state index in [4.69, 9.17) is 11.6 Å². The lowest BCUT2D eigenvalue weighted by Gasteiger charge is -1.98. The maximum absolute atomic E-state index is 10.9. The van der Waals surface area contributed by atoms with Crippen LogP contribution in [0.5, 0.6) is 0 Å². The predicted octanol–water partition coefficient (Wildman–Crippen LogP) is 2.25. The Morgan fingerprint density at radius 3 is 2.73 bits per heavy atom. The molecule has 0 amide bonds. The number of aromatic nitrogens is 1. The molecular weight excluding hydrogens is 162 g/mol. The van der Waals surface area contributed by atoms with Gasteiger partial charge in [0, 0.05) is 6.20 Å². The third kappa shape index (κ3) is 1.77. The van der Waals surface area contributed by atoms with Gasteiger partial charge in [-0.1, -0.05) is 11.6 Å². The van der Waals surface area contributed by atoms with E-state index in [1.807, 2.05) is 6.92 Å². The van der Waals surface area contributed by atoms with Crippen LogP contribution in [0.25, 0.3) is 0 Å². The number of aryl methyl sites for hydroxylation is 1. The van der Waals surface area contributed by atoms with Gasteiger partial charge >= 0.3 is 0 Å². The van der Waals surface area contributed by atoms with Crippen LogP contribution in [0.15, 0.2) is 12.3 Å². The van der Waals surface area contributed by atoms with Crippen molar-refractivity contribution >= 4 is 17.4 Å². The summed E-state index contributed by atoms with van der Waals surface area (Å²) in [6.07, 6.45) is 1.63. The second-order valence-electron chi connectivity index (χ2n) is 2.41. The van der Waals surface area contributed by atoms with Crippen LogP contribution in [0.3, 0.4) is 0 Å². The van der Waals surface area contributed by atoms with Crippen LogP contribution in [0.2, 0.25) is 5.15 Å². The highest BCUT2D eigenvalue weighted by Gasteiger charge is 2.05. The molecule has 1 aromatic rings. The van der Waals surface area contributed by atoms with Gasteiger partial charge in [0.05, 0.1) is 5.56 Å². The molecule has 0 bridgehead atoms. The molecule has 0 saturated heterocycles. The SMILES string of the molecule is CC(=O)c1cc(C)cnc1Cl. The van der Waals surface area contributed by atoms with Crippen molar-refractivity contribution in [2.45, 2.75) is 13.8 Å². The number of ketones is 1. The topological polar surface area (TPSA) is 30.0 Å². The fourth-order valence-electron chi connectivity index (χ4n) is 0.799. The van der Waals surface area contributed by atoms with Crippen LogP contribution >= 0.6 is 11.6 Å². The third-order valence-corrected chi connectivity index (χ3v) is 1.66. The first-order chi connectivity index (χ1) is 5.11. The van der Waals surface area contributed by atoms with Gasteiger partial charge in [0.2, 0.25) is 0 Å². The number of hydrogen-bond acceptors (Lipinski definition) is 2. The number of carbonyl (C=O) groups excluding carboxylic acids is 1. The normalized spacial score (nSPS) is 9.73. The van der Waals surface area contributed by atoms with Gasteiger partial charge in [-0.25, -0.2) is 4.98 Å². The second kappa shape index (κ2) is 3.01. The average Bonchev–Trinajstić information content (AvgIpc) is 1.94. The van der Waals surface area contributed by atoms with Crippen molar-refractivity contribution in [1.82, 2.24) is 4.98 Å². The first kappa shape index (κ1) is 8.21. The molecule has 0 aliphatic heterocycles. The lowest BCUT2D eigenvalue weighted by molar-refractivity contribution is 0.101. The molecule has 58 valence electrons. The fourth-order valence-corrected chi connectivity index (χ4v) is 1.04. The Kier molecular flexibility index (Phi) is 2.25. The Bertz CT molecular complexity index is 296. The maximum atomic E-state index is 10.9. The Labute approximate surface area is 70.2 Å². The molecule has 2 nitrogen and oxygen atoms in total. The summed E-state index contributed by atoms with van der Waals surface area (Å²) in [5, 5.41) is 0.281. The summed E-state index contributed by atoms with van der Waals surface area (Å²) in [5.74, 6) is -0.0498. The lowest BCUT2D eigenvalue weighted by atomic mass is 10.2. The summed E-state index contributed by atoms with van der Waals surface area (Å²) in [7, 11) is 0. The van der Waals surface area contributed by atoms with Crippen molar-refractivity contribution in [3.63, 3.8) is 0 Å². The molecule has 0 aliphatic carbocycles. The number of Topliss-reactive ketones (excluding diaryl/α,β-unsaturated/α-hetero) is 1. The molecule has 0 unspecified atom stereocenters. The molecular formula is C8H8ClNO. The van der Waals surface area contributed by atoms with E-state index in [9.17, 15) is 4.79 Å². The van der Waals surface area contributed by atoms with Crippen LogP contribution in [0.4, 0.5) is 0 Å². The van der Waals surface area contributed by atoms with Crippen molar-refractivity contribution in [1.29, 1.82) is 0 Å². The van der Waals surface area contributed by atoms with Crippen LogP contribution in [0.1, 0.15) is 22.8 Å². The molecule has 1 rings (SSSR count). The zero-order chi connectivity index (χ0) is 8.43. The zero-order valence-electron chi connectivity index (χ0n) is 6.39. The van der Waals surface area contributed by atoms with Gasteiger partial charge in [0.1, 0.15) is 5.15 Å². The first-order valence-corrected chi connectivity index (χ1v) is 3.62. The summed E-state index contributed by atoms with van der Waals surface area (Å²) in [6.45, 7) is 3.35. The van der Waals surface area contributed by atoms with E-state index in [-0.39, 0.29) is 10.9 Å². The summed E-state index contributed by atoms with van der Waals surface area (Å²) in [5.41, 5.74) is 1.44. The minimum atomic E-state index is -0.0498. The van der Waals surface area contributed by atoms with Gasteiger partial charge < -0.3 is 0 Å². The zero-order valence-corrected chi connectivity index (χ0v) is 7.14. The lowest BCUT2D eigenvalue weighted by Crippen LogP contribution is -1.95. The summed E-state index contributed by atoms with van der Waals surface area (Å²) >= 11 is 5.66. The Morgan fingerprint density at radius 2 is 2.27 bits per heavy atom. The molecule has 0 atom stereocenters. The molecule has 0 N–H and O–H groups in total. The third-order valence-electron chi connectivity index (χ3n) is 1.36. The molecule has 0 aliphatic rings. The summed E-state index contributed by atoms with van der Waals surface area (Å²) in [4.78, 5) is 14.7. The van der Waals surface area contributed by atoms with Crippen molar-refractivity contribution in [3.8, 4) is 0 Å². The predicted molar refractivity (Wildman–Crippen MR) is 44.0 cm³/mol. The van der Waals surface area contributed by atoms with Gasteiger partial charge in [0.25, 0.3) is 0 Å². The van der Waals surface area contributed by atoms with E-state index >= 15 is 0 Å². The smallest absolute Gasteiger partial charge is 0.162 e. The monoisotopic (exact) mass is 169 g/mol. The van der Waals surface area contributed by atoms with Crippen molar-refractivity contribution in [2.75, 3.05) is 0 Å². The molecule has 1 heterocycles. The fraction of sp³-hybridized carbons (Fsp3) is 0.250. The largest absolute Gasteiger partial charge is 0.294 e. The van der Waals surface area contributed by atoms with Gasteiger partial charge in [-0.15, -0.1) is 0 Å². The number of rotatable bonds is 1. The van der Waals surface area contributed by atoms with Gasteiger partial charge in [-0.2, -0.15) is 0 Å². The minimum Gasteiger partial charge on any atom is -0.294 e. The van der Waals surface area contributed by atoms with Crippen LogP contribution in [0, 0.1) is 6.92 Å². The highest BCUT2D eigenvalue weighted by Crippen LogP contribution is 2.13. The Hall–Kier alpha value is -0.890.